The molecule has 0 bridgehead atoms. The van der Waals surface area contributed by atoms with Gasteiger partial charge in [0.25, 0.3) is 0 Å². The molecule has 8 heteroatoms. The van der Waals surface area contributed by atoms with Crippen molar-refractivity contribution in [2.24, 2.45) is 0 Å². The summed E-state index contributed by atoms with van der Waals surface area (Å²) in [6, 6.07) is 15.8. The summed E-state index contributed by atoms with van der Waals surface area (Å²) in [4.78, 5) is 9.30. The van der Waals surface area contributed by atoms with Crippen LogP contribution in [0.4, 0.5) is 36.3 Å². The Labute approximate surface area is 172 Å². The van der Waals surface area contributed by atoms with Crippen LogP contribution in [-0.4, -0.2) is 17.0 Å². The molecule has 0 amide bonds. The third kappa shape index (κ3) is 4.87. The van der Waals surface area contributed by atoms with Crippen molar-refractivity contribution < 1.29 is 13.2 Å². The smallest absolute Gasteiger partial charge is 0.329 e. The molecule has 3 aromatic rings. The van der Waals surface area contributed by atoms with Gasteiger partial charge in [-0.2, -0.15) is 23.4 Å². The summed E-state index contributed by atoms with van der Waals surface area (Å²) < 4.78 is 40.6. The molecule has 0 aliphatic heterocycles. The van der Waals surface area contributed by atoms with Crippen molar-refractivity contribution in [1.29, 1.82) is 5.26 Å². The molecule has 1 heterocycles. The van der Waals surface area contributed by atoms with Gasteiger partial charge >= 0.3 is 6.18 Å². The molecule has 0 aliphatic rings. The van der Waals surface area contributed by atoms with Gasteiger partial charge in [0.05, 0.1) is 11.6 Å². The van der Waals surface area contributed by atoms with E-state index in [2.05, 4.69) is 22.2 Å². The summed E-state index contributed by atoms with van der Waals surface area (Å²) >= 11 is 0. The van der Waals surface area contributed by atoms with Crippen molar-refractivity contribution in [3.63, 3.8) is 0 Å². The molecule has 0 unspecified atom stereocenters. The molecule has 30 heavy (non-hydrogen) atoms. The fraction of sp³-hybridized carbons (Fsp3) is 0.227. The normalized spacial score (nSPS) is 11.1. The first-order valence-electron chi connectivity index (χ1n) is 9.36. The summed E-state index contributed by atoms with van der Waals surface area (Å²) in [5.41, 5.74) is 1.80. The number of benzene rings is 2. The monoisotopic (exact) mass is 411 g/mol. The molecule has 0 fully saturated rings. The SMILES string of the molecule is CCCc1ccc(Nc2ncc(C(F)(F)F)c(N(C)c3ccc(C#N)cc3)n2)cc1. The van der Waals surface area contributed by atoms with E-state index in [1.165, 1.54) is 29.6 Å². The Hall–Kier alpha value is -3.60. The van der Waals surface area contributed by atoms with Gasteiger partial charge in [-0.15, -0.1) is 0 Å². The predicted molar refractivity (Wildman–Crippen MR) is 110 cm³/mol. The standard InChI is InChI=1S/C22H20F3N5/c1-3-4-15-5-9-17(10-6-15)28-21-27-14-19(22(23,24)25)20(29-21)30(2)18-11-7-16(13-26)8-12-18/h5-12,14H,3-4H2,1-2H3,(H,27,28,29). The van der Waals surface area contributed by atoms with Crippen LogP contribution in [0.2, 0.25) is 0 Å². The minimum atomic E-state index is -4.61. The fourth-order valence-electron chi connectivity index (χ4n) is 2.94. The molecule has 5 nitrogen and oxygen atoms in total. The number of alkyl halides is 3. The highest BCUT2D eigenvalue weighted by Crippen LogP contribution is 2.37. The average Bonchev–Trinajstić information content (AvgIpc) is 2.74. The first-order chi connectivity index (χ1) is 14.3. The first-order valence-corrected chi connectivity index (χ1v) is 9.36. The number of aromatic nitrogens is 2. The maximum absolute atomic E-state index is 13.5. The van der Waals surface area contributed by atoms with E-state index in [-0.39, 0.29) is 11.8 Å². The van der Waals surface area contributed by atoms with Gasteiger partial charge in [-0.1, -0.05) is 25.5 Å². The molecule has 2 aromatic carbocycles. The number of aryl methyl sites for hydroxylation is 1. The molecular weight excluding hydrogens is 391 g/mol. The number of hydrogen-bond donors (Lipinski definition) is 1. The molecule has 0 aliphatic carbocycles. The molecular formula is C22H20F3N5. The number of nitrogens with zero attached hydrogens (tertiary/aromatic N) is 4. The van der Waals surface area contributed by atoms with Gasteiger partial charge in [0.2, 0.25) is 5.95 Å². The Balaban J connectivity index is 1.94. The molecule has 1 aromatic heterocycles. The van der Waals surface area contributed by atoms with E-state index in [9.17, 15) is 13.2 Å². The topological polar surface area (TPSA) is 64.8 Å². The quantitative estimate of drug-likeness (QED) is 0.553. The Morgan fingerprint density at radius 3 is 2.30 bits per heavy atom. The zero-order valence-corrected chi connectivity index (χ0v) is 16.5. The lowest BCUT2D eigenvalue weighted by Gasteiger charge is -2.23. The van der Waals surface area contributed by atoms with Crippen LogP contribution >= 0.6 is 0 Å². The minimum absolute atomic E-state index is 0.0572. The van der Waals surface area contributed by atoms with E-state index >= 15 is 0 Å². The molecule has 0 radical (unpaired) electrons. The van der Waals surface area contributed by atoms with Crippen molar-refractivity contribution in [2.45, 2.75) is 25.9 Å². The van der Waals surface area contributed by atoms with Crippen molar-refractivity contribution >= 4 is 23.1 Å². The zero-order valence-electron chi connectivity index (χ0n) is 16.5. The molecule has 0 saturated carbocycles. The van der Waals surface area contributed by atoms with E-state index in [1.54, 1.807) is 12.1 Å². The molecule has 3 rings (SSSR count). The van der Waals surface area contributed by atoms with Gasteiger partial charge in [-0.3, -0.25) is 0 Å². The number of nitrogens with one attached hydrogen (secondary N) is 1. The fourth-order valence-corrected chi connectivity index (χ4v) is 2.94. The van der Waals surface area contributed by atoms with Crippen LogP contribution in [0.25, 0.3) is 0 Å². The van der Waals surface area contributed by atoms with E-state index in [1.807, 2.05) is 30.3 Å². The number of nitriles is 1. The Bertz CT molecular complexity index is 1040. The number of anilines is 4. The summed E-state index contributed by atoms with van der Waals surface area (Å²) in [7, 11) is 1.49. The van der Waals surface area contributed by atoms with E-state index in [0.29, 0.717) is 16.9 Å². The van der Waals surface area contributed by atoms with Crippen molar-refractivity contribution in [3.05, 3.63) is 71.4 Å². The van der Waals surface area contributed by atoms with Crippen LogP contribution in [0.5, 0.6) is 0 Å². The Kier molecular flexibility index (Phi) is 6.21. The highest BCUT2D eigenvalue weighted by molar-refractivity contribution is 5.65. The maximum Gasteiger partial charge on any atom is 0.421 e. The zero-order chi connectivity index (χ0) is 21.7. The first kappa shape index (κ1) is 21.1. The lowest BCUT2D eigenvalue weighted by Crippen LogP contribution is -2.19. The van der Waals surface area contributed by atoms with Gasteiger partial charge < -0.3 is 10.2 Å². The van der Waals surface area contributed by atoms with Gasteiger partial charge in [0.1, 0.15) is 5.56 Å². The summed E-state index contributed by atoms with van der Waals surface area (Å²) in [6.07, 6.45) is -1.86. The van der Waals surface area contributed by atoms with E-state index < -0.39 is 11.7 Å². The second kappa shape index (κ2) is 8.82. The highest BCUT2D eigenvalue weighted by Gasteiger charge is 2.36. The summed E-state index contributed by atoms with van der Waals surface area (Å²) in [6.45, 7) is 2.09. The third-order valence-electron chi connectivity index (χ3n) is 4.52. The summed E-state index contributed by atoms with van der Waals surface area (Å²) in [5.74, 6) is -0.228. The van der Waals surface area contributed by atoms with Crippen LogP contribution in [0, 0.1) is 11.3 Å². The molecule has 0 spiro atoms. The van der Waals surface area contributed by atoms with Crippen LogP contribution in [0.3, 0.4) is 0 Å². The second-order valence-electron chi connectivity index (χ2n) is 6.72. The van der Waals surface area contributed by atoms with Crippen molar-refractivity contribution in [2.75, 3.05) is 17.3 Å². The molecule has 0 atom stereocenters. The van der Waals surface area contributed by atoms with Gasteiger partial charge in [0, 0.05) is 24.6 Å². The van der Waals surface area contributed by atoms with Crippen molar-refractivity contribution in [3.8, 4) is 6.07 Å². The molecule has 0 saturated heterocycles. The predicted octanol–water partition coefficient (Wildman–Crippen LogP) is 5.83. The number of rotatable bonds is 6. The van der Waals surface area contributed by atoms with Crippen LogP contribution < -0.4 is 10.2 Å². The van der Waals surface area contributed by atoms with E-state index in [0.717, 1.165) is 19.0 Å². The molecule has 154 valence electrons. The summed E-state index contributed by atoms with van der Waals surface area (Å²) in [5, 5.41) is 11.9. The average molecular weight is 411 g/mol. The minimum Gasteiger partial charge on any atom is -0.329 e. The lowest BCUT2D eigenvalue weighted by atomic mass is 10.1. The second-order valence-corrected chi connectivity index (χ2v) is 6.72. The van der Waals surface area contributed by atoms with Gasteiger partial charge in [0.15, 0.2) is 5.82 Å². The van der Waals surface area contributed by atoms with Crippen molar-refractivity contribution in [1.82, 2.24) is 9.97 Å². The van der Waals surface area contributed by atoms with Gasteiger partial charge in [-0.05, 0) is 48.4 Å². The van der Waals surface area contributed by atoms with Crippen LogP contribution in [-0.2, 0) is 12.6 Å². The van der Waals surface area contributed by atoms with Crippen LogP contribution in [0.1, 0.15) is 30.0 Å². The maximum atomic E-state index is 13.5. The highest BCUT2D eigenvalue weighted by atomic mass is 19.4. The largest absolute Gasteiger partial charge is 0.421 e. The third-order valence-corrected chi connectivity index (χ3v) is 4.52. The number of hydrogen-bond acceptors (Lipinski definition) is 5. The van der Waals surface area contributed by atoms with E-state index in [4.69, 9.17) is 5.26 Å². The van der Waals surface area contributed by atoms with Gasteiger partial charge in [-0.25, -0.2) is 4.98 Å². The lowest BCUT2D eigenvalue weighted by molar-refractivity contribution is -0.137. The Morgan fingerprint density at radius 1 is 1.07 bits per heavy atom. The molecule has 1 N–H and O–H groups in total. The Morgan fingerprint density at radius 2 is 1.73 bits per heavy atom. The van der Waals surface area contributed by atoms with Crippen LogP contribution in [0.15, 0.2) is 54.7 Å². The number of halogens is 3.